The van der Waals surface area contributed by atoms with Gasteiger partial charge in [-0.3, -0.25) is 9.69 Å². The van der Waals surface area contributed by atoms with E-state index >= 15 is 0 Å². The number of esters is 1. The van der Waals surface area contributed by atoms with E-state index in [-0.39, 0.29) is 24.1 Å². The summed E-state index contributed by atoms with van der Waals surface area (Å²) in [5, 5.41) is 4.36. The minimum atomic E-state index is -0.683. The molecule has 0 spiro atoms. The lowest BCUT2D eigenvalue weighted by atomic mass is 10.0. The van der Waals surface area contributed by atoms with Crippen LogP contribution in [0.4, 0.5) is 0 Å². The SMILES string of the molecule is COC(=O)c1ccc(CN2C(=O)C(Cc3ccccc3)ON=C2C2CCCC2)o1. The number of carbonyl (C=O) groups is 2. The fourth-order valence-electron chi connectivity index (χ4n) is 3.92. The van der Waals surface area contributed by atoms with E-state index in [9.17, 15) is 9.59 Å². The third-order valence-electron chi connectivity index (χ3n) is 5.44. The second-order valence-electron chi connectivity index (χ2n) is 7.40. The Kier molecular flexibility index (Phi) is 5.64. The van der Waals surface area contributed by atoms with Crippen molar-refractivity contribution in [2.45, 2.75) is 44.8 Å². The highest BCUT2D eigenvalue weighted by Gasteiger charge is 2.38. The van der Waals surface area contributed by atoms with E-state index in [1.54, 1.807) is 17.0 Å². The van der Waals surface area contributed by atoms with Crippen LogP contribution >= 0.6 is 0 Å². The average Bonchev–Trinajstić information content (AvgIpc) is 3.44. The van der Waals surface area contributed by atoms with Gasteiger partial charge in [0.1, 0.15) is 5.76 Å². The summed E-state index contributed by atoms with van der Waals surface area (Å²) in [6, 6.07) is 13.0. The van der Waals surface area contributed by atoms with Crippen LogP contribution in [0.25, 0.3) is 0 Å². The van der Waals surface area contributed by atoms with E-state index in [1.807, 2.05) is 30.3 Å². The molecular formula is C22H24N2O5. The lowest BCUT2D eigenvalue weighted by molar-refractivity contribution is -0.144. The molecule has 0 bridgehead atoms. The van der Waals surface area contributed by atoms with Crippen LogP contribution in [0.2, 0.25) is 0 Å². The molecule has 0 radical (unpaired) electrons. The highest BCUT2D eigenvalue weighted by Crippen LogP contribution is 2.31. The number of ether oxygens (including phenoxy) is 1. The first-order valence-electron chi connectivity index (χ1n) is 9.91. The molecule has 1 amide bonds. The van der Waals surface area contributed by atoms with Gasteiger partial charge in [0, 0.05) is 12.3 Å². The van der Waals surface area contributed by atoms with E-state index in [4.69, 9.17) is 9.25 Å². The molecule has 7 nitrogen and oxygen atoms in total. The van der Waals surface area contributed by atoms with E-state index in [2.05, 4.69) is 9.89 Å². The summed E-state index contributed by atoms with van der Waals surface area (Å²) in [7, 11) is 1.30. The third kappa shape index (κ3) is 4.18. The van der Waals surface area contributed by atoms with Crippen LogP contribution in [0, 0.1) is 5.92 Å². The van der Waals surface area contributed by atoms with Gasteiger partial charge >= 0.3 is 5.97 Å². The van der Waals surface area contributed by atoms with Crippen molar-refractivity contribution in [2.24, 2.45) is 11.1 Å². The summed E-state index contributed by atoms with van der Waals surface area (Å²) in [5.41, 5.74) is 1.01. The van der Waals surface area contributed by atoms with Gasteiger partial charge in [-0.15, -0.1) is 0 Å². The van der Waals surface area contributed by atoms with Crippen LogP contribution in [0.15, 0.2) is 52.0 Å². The molecule has 1 saturated carbocycles. The molecule has 7 heteroatoms. The Hall–Kier alpha value is -3.09. The number of furan rings is 1. The molecule has 1 aromatic carbocycles. The van der Waals surface area contributed by atoms with Gasteiger partial charge in [-0.2, -0.15) is 0 Å². The molecule has 1 fully saturated rings. The molecular weight excluding hydrogens is 372 g/mol. The second-order valence-corrected chi connectivity index (χ2v) is 7.40. The fraction of sp³-hybridized carbons (Fsp3) is 0.409. The molecule has 1 atom stereocenters. The number of amidine groups is 1. The summed E-state index contributed by atoms with van der Waals surface area (Å²) in [4.78, 5) is 32.3. The predicted octanol–water partition coefficient (Wildman–Crippen LogP) is 3.54. The van der Waals surface area contributed by atoms with Crippen molar-refractivity contribution in [1.29, 1.82) is 0 Å². The average molecular weight is 396 g/mol. The number of hydrogen-bond acceptors (Lipinski definition) is 6. The molecule has 2 heterocycles. The lowest BCUT2D eigenvalue weighted by Gasteiger charge is -2.33. The van der Waals surface area contributed by atoms with E-state index in [0.29, 0.717) is 18.0 Å². The maximum atomic E-state index is 13.3. The van der Waals surface area contributed by atoms with E-state index < -0.39 is 12.1 Å². The van der Waals surface area contributed by atoms with Crippen LogP contribution in [0.5, 0.6) is 0 Å². The largest absolute Gasteiger partial charge is 0.463 e. The quantitative estimate of drug-likeness (QED) is 0.698. The fourth-order valence-corrected chi connectivity index (χ4v) is 3.92. The molecule has 4 rings (SSSR count). The first-order chi connectivity index (χ1) is 14.2. The Morgan fingerprint density at radius 3 is 2.66 bits per heavy atom. The van der Waals surface area contributed by atoms with Gasteiger partial charge in [0.25, 0.3) is 5.91 Å². The molecule has 29 heavy (non-hydrogen) atoms. The molecule has 1 aliphatic heterocycles. The number of nitrogens with zero attached hydrogens (tertiary/aromatic N) is 2. The van der Waals surface area contributed by atoms with Crippen molar-refractivity contribution in [3.05, 3.63) is 59.5 Å². The Morgan fingerprint density at radius 1 is 1.17 bits per heavy atom. The Labute approximate surface area is 169 Å². The van der Waals surface area contributed by atoms with E-state index in [0.717, 1.165) is 31.2 Å². The van der Waals surface area contributed by atoms with Crippen molar-refractivity contribution in [2.75, 3.05) is 7.11 Å². The third-order valence-corrected chi connectivity index (χ3v) is 5.44. The van der Waals surface area contributed by atoms with Gasteiger partial charge in [-0.1, -0.05) is 48.3 Å². The number of hydrogen-bond donors (Lipinski definition) is 0. The summed E-state index contributed by atoms with van der Waals surface area (Å²) in [6.45, 7) is 0.208. The normalized spacial score (nSPS) is 19.8. The highest BCUT2D eigenvalue weighted by molar-refractivity contribution is 6.02. The van der Waals surface area contributed by atoms with Gasteiger partial charge in [0.05, 0.1) is 13.7 Å². The summed E-state index contributed by atoms with van der Waals surface area (Å²) in [5.74, 6) is 0.797. The number of oxime groups is 1. The van der Waals surface area contributed by atoms with Crippen molar-refractivity contribution < 1.29 is 23.6 Å². The number of benzene rings is 1. The van der Waals surface area contributed by atoms with Gasteiger partial charge < -0.3 is 14.0 Å². The summed E-state index contributed by atoms with van der Waals surface area (Å²) in [6.07, 6.45) is 3.97. The van der Waals surface area contributed by atoms with Gasteiger partial charge in [0.2, 0.25) is 11.9 Å². The number of amides is 1. The number of rotatable bonds is 6. The molecule has 1 aromatic heterocycles. The van der Waals surface area contributed by atoms with Crippen molar-refractivity contribution in [3.63, 3.8) is 0 Å². The summed E-state index contributed by atoms with van der Waals surface area (Å²) >= 11 is 0. The Morgan fingerprint density at radius 2 is 1.93 bits per heavy atom. The van der Waals surface area contributed by atoms with Crippen molar-refractivity contribution >= 4 is 17.7 Å². The maximum Gasteiger partial charge on any atom is 0.373 e. The Bertz CT molecular complexity index is 899. The molecule has 1 unspecified atom stereocenters. The molecule has 0 saturated heterocycles. The zero-order valence-electron chi connectivity index (χ0n) is 16.4. The minimum absolute atomic E-state index is 0.114. The maximum absolute atomic E-state index is 13.3. The standard InChI is InChI=1S/C22H24N2O5/c1-27-22(26)18-12-11-17(28-18)14-24-20(16-9-5-6-10-16)23-29-19(21(24)25)13-15-7-3-2-4-8-15/h2-4,7-8,11-12,16,19H,5-6,9-10,13-14H2,1H3. The molecule has 1 aliphatic carbocycles. The first-order valence-corrected chi connectivity index (χ1v) is 9.91. The van der Waals surface area contributed by atoms with E-state index in [1.165, 1.54) is 7.11 Å². The van der Waals surface area contributed by atoms with Crippen molar-refractivity contribution in [3.8, 4) is 0 Å². The van der Waals surface area contributed by atoms with Gasteiger partial charge in [-0.05, 0) is 30.5 Å². The Balaban J connectivity index is 1.57. The molecule has 152 valence electrons. The minimum Gasteiger partial charge on any atom is -0.463 e. The van der Waals surface area contributed by atoms with Gasteiger partial charge in [-0.25, -0.2) is 4.79 Å². The first kappa shape index (κ1) is 19.2. The zero-order valence-corrected chi connectivity index (χ0v) is 16.4. The number of methoxy groups -OCH3 is 1. The molecule has 0 N–H and O–H groups in total. The number of carbonyl (C=O) groups excluding carboxylic acids is 2. The zero-order chi connectivity index (χ0) is 20.2. The monoisotopic (exact) mass is 396 g/mol. The lowest BCUT2D eigenvalue weighted by Crippen LogP contribution is -2.49. The van der Waals surface area contributed by atoms with Crippen LogP contribution in [0.1, 0.15) is 47.6 Å². The van der Waals surface area contributed by atoms with Crippen molar-refractivity contribution in [1.82, 2.24) is 4.90 Å². The molecule has 2 aromatic rings. The summed E-state index contributed by atoms with van der Waals surface area (Å²) < 4.78 is 10.3. The van der Waals surface area contributed by atoms with Crippen LogP contribution in [-0.4, -0.2) is 35.8 Å². The van der Waals surface area contributed by atoms with Crippen LogP contribution < -0.4 is 0 Å². The predicted molar refractivity (Wildman–Crippen MR) is 105 cm³/mol. The van der Waals surface area contributed by atoms with Gasteiger partial charge in [0.15, 0.2) is 5.84 Å². The van der Waals surface area contributed by atoms with Crippen LogP contribution in [-0.2, 0) is 27.3 Å². The van der Waals surface area contributed by atoms with Crippen LogP contribution in [0.3, 0.4) is 0 Å². The highest BCUT2D eigenvalue weighted by atomic mass is 16.6. The molecule has 2 aliphatic rings. The smallest absolute Gasteiger partial charge is 0.373 e. The topological polar surface area (TPSA) is 81.3 Å². The second kappa shape index (κ2) is 8.51.